The Labute approximate surface area is 118 Å². The largest absolute Gasteiger partial charge is 0.481 e. The van der Waals surface area contributed by atoms with Gasteiger partial charge in [0.1, 0.15) is 6.54 Å². The van der Waals surface area contributed by atoms with Gasteiger partial charge in [-0.05, 0) is 27.2 Å². The summed E-state index contributed by atoms with van der Waals surface area (Å²) in [5.41, 5.74) is 0. The lowest BCUT2D eigenvalue weighted by molar-refractivity contribution is -0.142. The van der Waals surface area contributed by atoms with Gasteiger partial charge in [0, 0.05) is 25.7 Å². The van der Waals surface area contributed by atoms with Crippen LogP contribution in [0.3, 0.4) is 0 Å². The van der Waals surface area contributed by atoms with Crippen LogP contribution < -0.4 is 5.32 Å². The lowest BCUT2D eigenvalue weighted by atomic mass is 10.0. The van der Waals surface area contributed by atoms with E-state index in [1.54, 1.807) is 18.7 Å². The van der Waals surface area contributed by atoms with Gasteiger partial charge in [-0.2, -0.15) is 0 Å². The smallest absolute Gasteiger partial charge is 0.320 e. The zero-order chi connectivity index (χ0) is 15.3. The van der Waals surface area contributed by atoms with E-state index in [-0.39, 0.29) is 24.5 Å². The van der Waals surface area contributed by atoms with Gasteiger partial charge in [0.15, 0.2) is 0 Å². The molecule has 0 bridgehead atoms. The van der Waals surface area contributed by atoms with E-state index in [0.29, 0.717) is 26.1 Å². The minimum Gasteiger partial charge on any atom is -0.481 e. The van der Waals surface area contributed by atoms with Gasteiger partial charge < -0.3 is 20.2 Å². The number of likely N-dealkylation sites (N-methyl/N-ethyl adjacent to an activating group) is 2. The Morgan fingerprint density at radius 3 is 2.45 bits per heavy atom. The summed E-state index contributed by atoms with van der Waals surface area (Å²) in [4.78, 5) is 38.0. The van der Waals surface area contributed by atoms with Crippen molar-refractivity contribution in [3.63, 3.8) is 0 Å². The third-order valence-corrected chi connectivity index (χ3v) is 3.68. The molecule has 7 heteroatoms. The SMILES string of the molecule is CCNC(=O)CN(CC)C(=O)N1CCC(C(=O)O)C1C. The van der Waals surface area contributed by atoms with E-state index >= 15 is 0 Å². The van der Waals surface area contributed by atoms with Gasteiger partial charge in [-0.25, -0.2) is 4.79 Å². The molecule has 1 aliphatic heterocycles. The van der Waals surface area contributed by atoms with E-state index in [2.05, 4.69) is 5.32 Å². The van der Waals surface area contributed by atoms with Crippen molar-refractivity contribution in [2.24, 2.45) is 5.92 Å². The number of nitrogens with one attached hydrogen (secondary N) is 1. The van der Waals surface area contributed by atoms with Gasteiger partial charge >= 0.3 is 12.0 Å². The zero-order valence-electron chi connectivity index (χ0n) is 12.3. The van der Waals surface area contributed by atoms with Gasteiger partial charge in [-0.1, -0.05) is 0 Å². The van der Waals surface area contributed by atoms with Crippen molar-refractivity contribution < 1.29 is 19.5 Å². The number of likely N-dealkylation sites (tertiary alicyclic amines) is 1. The molecule has 2 N–H and O–H groups in total. The molecule has 20 heavy (non-hydrogen) atoms. The number of carbonyl (C=O) groups excluding carboxylic acids is 2. The van der Waals surface area contributed by atoms with E-state index in [0.717, 1.165) is 0 Å². The maximum Gasteiger partial charge on any atom is 0.320 e. The topological polar surface area (TPSA) is 90.0 Å². The Morgan fingerprint density at radius 2 is 2.00 bits per heavy atom. The highest BCUT2D eigenvalue weighted by Crippen LogP contribution is 2.25. The van der Waals surface area contributed by atoms with Gasteiger partial charge in [0.2, 0.25) is 5.91 Å². The van der Waals surface area contributed by atoms with Crippen LogP contribution in [0, 0.1) is 5.92 Å². The molecule has 2 unspecified atom stereocenters. The van der Waals surface area contributed by atoms with Gasteiger partial charge in [-0.3, -0.25) is 9.59 Å². The number of hydrogen-bond donors (Lipinski definition) is 2. The Hall–Kier alpha value is -1.79. The van der Waals surface area contributed by atoms with E-state index in [1.807, 2.05) is 6.92 Å². The molecule has 0 aromatic carbocycles. The highest BCUT2D eigenvalue weighted by atomic mass is 16.4. The molecule has 1 rings (SSSR count). The Morgan fingerprint density at radius 1 is 1.35 bits per heavy atom. The third-order valence-electron chi connectivity index (χ3n) is 3.68. The van der Waals surface area contributed by atoms with E-state index in [4.69, 9.17) is 5.11 Å². The highest BCUT2D eigenvalue weighted by molar-refractivity contribution is 5.84. The van der Waals surface area contributed by atoms with E-state index in [1.165, 1.54) is 4.90 Å². The number of carboxylic acids is 1. The van der Waals surface area contributed by atoms with Crippen LogP contribution in [0.25, 0.3) is 0 Å². The van der Waals surface area contributed by atoms with Crippen molar-refractivity contribution in [1.82, 2.24) is 15.1 Å². The van der Waals surface area contributed by atoms with Crippen LogP contribution in [0.15, 0.2) is 0 Å². The number of carboxylic acid groups (broad SMARTS) is 1. The van der Waals surface area contributed by atoms with Crippen molar-refractivity contribution in [3.8, 4) is 0 Å². The minimum atomic E-state index is -0.875. The molecular formula is C13H23N3O4. The first-order valence-corrected chi connectivity index (χ1v) is 6.97. The minimum absolute atomic E-state index is 0.00410. The second-order valence-corrected chi connectivity index (χ2v) is 4.92. The first kappa shape index (κ1) is 16.3. The fourth-order valence-corrected chi connectivity index (χ4v) is 2.46. The fraction of sp³-hybridized carbons (Fsp3) is 0.769. The van der Waals surface area contributed by atoms with Crippen molar-refractivity contribution in [2.75, 3.05) is 26.2 Å². The van der Waals surface area contributed by atoms with Gasteiger partial charge in [0.05, 0.1) is 5.92 Å². The third kappa shape index (κ3) is 3.61. The summed E-state index contributed by atoms with van der Waals surface area (Å²) in [6, 6.07) is -0.613. The normalized spacial score (nSPS) is 21.6. The Balaban J connectivity index is 2.67. The summed E-state index contributed by atoms with van der Waals surface area (Å²) < 4.78 is 0. The first-order chi connectivity index (χ1) is 9.42. The highest BCUT2D eigenvalue weighted by Gasteiger charge is 2.39. The lowest BCUT2D eigenvalue weighted by Gasteiger charge is -2.30. The maximum atomic E-state index is 12.4. The predicted octanol–water partition coefficient (Wildman–Crippen LogP) is 0.359. The number of aliphatic carboxylic acids is 1. The zero-order valence-corrected chi connectivity index (χ0v) is 12.3. The van der Waals surface area contributed by atoms with Crippen molar-refractivity contribution >= 4 is 17.9 Å². The molecule has 0 radical (unpaired) electrons. The summed E-state index contributed by atoms with van der Waals surface area (Å²) in [6.45, 7) is 6.71. The average molecular weight is 285 g/mol. The molecule has 7 nitrogen and oxygen atoms in total. The van der Waals surface area contributed by atoms with Crippen LogP contribution in [0.5, 0.6) is 0 Å². The molecular weight excluding hydrogens is 262 g/mol. The summed E-state index contributed by atoms with van der Waals surface area (Å²) in [5.74, 6) is -1.61. The van der Waals surface area contributed by atoms with Crippen molar-refractivity contribution in [1.29, 1.82) is 0 Å². The van der Waals surface area contributed by atoms with E-state index in [9.17, 15) is 14.4 Å². The molecule has 0 saturated carbocycles. The number of urea groups is 1. The number of hydrogen-bond acceptors (Lipinski definition) is 3. The molecule has 3 amide bonds. The molecule has 1 aliphatic rings. The summed E-state index contributed by atoms with van der Waals surface area (Å²) >= 11 is 0. The molecule has 0 spiro atoms. The Bertz CT molecular complexity index is 386. The predicted molar refractivity (Wildman–Crippen MR) is 73.2 cm³/mol. The molecule has 1 saturated heterocycles. The fourth-order valence-electron chi connectivity index (χ4n) is 2.46. The van der Waals surface area contributed by atoms with Gasteiger partial charge in [-0.15, -0.1) is 0 Å². The summed E-state index contributed by atoms with van der Waals surface area (Å²) in [5, 5.41) is 11.7. The maximum absolute atomic E-state index is 12.4. The number of amides is 3. The second kappa shape index (κ2) is 7.12. The summed E-state index contributed by atoms with van der Waals surface area (Å²) in [6.07, 6.45) is 0.459. The molecule has 1 heterocycles. The van der Waals surface area contributed by atoms with Crippen molar-refractivity contribution in [2.45, 2.75) is 33.2 Å². The molecule has 1 fully saturated rings. The molecule has 0 aromatic heterocycles. The van der Waals surface area contributed by atoms with Gasteiger partial charge in [0.25, 0.3) is 0 Å². The first-order valence-electron chi connectivity index (χ1n) is 6.97. The van der Waals surface area contributed by atoms with Crippen LogP contribution in [0.1, 0.15) is 27.2 Å². The standard InChI is InChI=1S/C13H23N3O4/c1-4-14-11(17)8-15(5-2)13(20)16-7-6-10(9(16)3)12(18)19/h9-10H,4-8H2,1-3H3,(H,14,17)(H,18,19). The van der Waals surface area contributed by atoms with Crippen LogP contribution in [0.2, 0.25) is 0 Å². The van der Waals surface area contributed by atoms with Crippen LogP contribution in [-0.4, -0.2) is 65.0 Å². The molecule has 2 atom stereocenters. The van der Waals surface area contributed by atoms with Crippen LogP contribution in [0.4, 0.5) is 4.79 Å². The second-order valence-electron chi connectivity index (χ2n) is 4.92. The number of rotatable bonds is 5. The average Bonchev–Trinajstić information content (AvgIpc) is 2.77. The monoisotopic (exact) mass is 285 g/mol. The number of nitrogens with zero attached hydrogens (tertiary/aromatic N) is 2. The summed E-state index contributed by atoms with van der Waals surface area (Å²) in [7, 11) is 0. The van der Waals surface area contributed by atoms with Crippen molar-refractivity contribution in [3.05, 3.63) is 0 Å². The van der Waals surface area contributed by atoms with Crippen LogP contribution >= 0.6 is 0 Å². The van der Waals surface area contributed by atoms with E-state index < -0.39 is 11.9 Å². The Kier molecular flexibility index (Phi) is 5.79. The number of carbonyl (C=O) groups is 3. The lowest BCUT2D eigenvalue weighted by Crippen LogP contribution is -2.49. The molecule has 0 aromatic rings. The molecule has 114 valence electrons. The molecule has 0 aliphatic carbocycles. The quantitative estimate of drug-likeness (QED) is 0.763. The van der Waals surface area contributed by atoms with Crippen LogP contribution in [-0.2, 0) is 9.59 Å².